The topological polar surface area (TPSA) is 106 Å². The first kappa shape index (κ1) is 24.9. The summed E-state index contributed by atoms with van der Waals surface area (Å²) >= 11 is 0. The van der Waals surface area contributed by atoms with Crippen molar-refractivity contribution in [3.63, 3.8) is 0 Å². The standard InChI is InChI=1S/C25H28F2N6O4/c1-31-12-14(9-30-31)16-8-22(37-13-36-3)17(7-18(16)26)19-10-29-23(11-28-19)32(2)21-6-15-4-5-20(24(21)27)33(15)25(34)35/h7-12,15,20-21,24H,4-6,13H2,1-3H3,(H,34,35)/t15-,20+,21-,24+/m1/s1. The summed E-state index contributed by atoms with van der Waals surface area (Å²) in [5.74, 6) is 0.321. The number of halogens is 2. The molecule has 1 N–H and O–H groups in total. The van der Waals surface area contributed by atoms with Crippen LogP contribution < -0.4 is 9.64 Å². The number of benzene rings is 1. The summed E-state index contributed by atoms with van der Waals surface area (Å²) < 4.78 is 42.8. The van der Waals surface area contributed by atoms with Crippen molar-refractivity contribution in [1.29, 1.82) is 0 Å². The molecule has 12 heteroatoms. The van der Waals surface area contributed by atoms with Crippen molar-refractivity contribution in [2.45, 2.75) is 43.6 Å². The van der Waals surface area contributed by atoms with Gasteiger partial charge in [0.15, 0.2) is 6.79 Å². The third-order valence-electron chi connectivity index (χ3n) is 7.21. The van der Waals surface area contributed by atoms with Crippen LogP contribution in [-0.4, -0.2) is 81.1 Å². The smallest absolute Gasteiger partial charge is 0.407 e. The number of fused-ring (bicyclic) bond motifs is 2. The van der Waals surface area contributed by atoms with Gasteiger partial charge in [-0.2, -0.15) is 5.10 Å². The number of rotatable bonds is 7. The minimum absolute atomic E-state index is 0.0470. The lowest BCUT2D eigenvalue weighted by atomic mass is 9.94. The Kier molecular flexibility index (Phi) is 6.67. The van der Waals surface area contributed by atoms with E-state index in [1.165, 1.54) is 30.5 Å². The molecule has 0 spiro atoms. The monoisotopic (exact) mass is 514 g/mol. The first-order valence-corrected chi connectivity index (χ1v) is 11.9. The van der Waals surface area contributed by atoms with E-state index in [4.69, 9.17) is 9.47 Å². The van der Waals surface area contributed by atoms with E-state index in [0.717, 1.165) is 0 Å². The number of aromatic nitrogens is 4. The summed E-state index contributed by atoms with van der Waals surface area (Å²) in [6, 6.07) is 1.51. The quantitative estimate of drug-likeness (QED) is 0.476. The predicted molar refractivity (Wildman–Crippen MR) is 131 cm³/mol. The molecule has 4 atom stereocenters. The van der Waals surface area contributed by atoms with Crippen LogP contribution in [0.3, 0.4) is 0 Å². The van der Waals surface area contributed by atoms with Crippen LogP contribution in [0.1, 0.15) is 19.3 Å². The third kappa shape index (κ3) is 4.57. The molecule has 5 rings (SSSR count). The number of anilines is 1. The van der Waals surface area contributed by atoms with Gasteiger partial charge in [0.2, 0.25) is 0 Å². The second-order valence-corrected chi connectivity index (χ2v) is 9.39. The second kappa shape index (κ2) is 9.92. The van der Waals surface area contributed by atoms with E-state index in [9.17, 15) is 9.90 Å². The van der Waals surface area contributed by atoms with Crippen LogP contribution in [0.25, 0.3) is 22.4 Å². The highest BCUT2D eigenvalue weighted by atomic mass is 19.1. The Labute approximate surface area is 212 Å². The van der Waals surface area contributed by atoms with E-state index in [0.29, 0.717) is 53.2 Å². The van der Waals surface area contributed by atoms with Gasteiger partial charge in [-0.05, 0) is 31.4 Å². The van der Waals surface area contributed by atoms with Gasteiger partial charge in [-0.15, -0.1) is 0 Å². The van der Waals surface area contributed by atoms with Gasteiger partial charge in [0.1, 0.15) is 23.6 Å². The zero-order valence-electron chi connectivity index (χ0n) is 20.7. The summed E-state index contributed by atoms with van der Waals surface area (Å²) in [6.45, 7) is -0.0470. The van der Waals surface area contributed by atoms with E-state index in [-0.39, 0.29) is 12.8 Å². The summed E-state index contributed by atoms with van der Waals surface area (Å²) in [7, 11) is 4.96. The van der Waals surface area contributed by atoms with Gasteiger partial charge < -0.3 is 19.5 Å². The van der Waals surface area contributed by atoms with Crippen molar-refractivity contribution in [3.05, 3.63) is 42.7 Å². The number of hydrogen-bond acceptors (Lipinski definition) is 7. The fraction of sp³-hybridized carbons (Fsp3) is 0.440. The van der Waals surface area contributed by atoms with E-state index in [1.54, 1.807) is 42.1 Å². The van der Waals surface area contributed by atoms with Crippen LogP contribution in [0.4, 0.5) is 19.4 Å². The number of nitrogens with zero attached hydrogens (tertiary/aromatic N) is 6. The molecule has 2 saturated heterocycles. The van der Waals surface area contributed by atoms with Crippen LogP contribution in [0, 0.1) is 5.82 Å². The minimum atomic E-state index is -1.34. The third-order valence-corrected chi connectivity index (χ3v) is 7.21. The normalized spacial score (nSPS) is 22.8. The average Bonchev–Trinajstić information content (AvgIpc) is 3.48. The Bertz CT molecular complexity index is 1290. The van der Waals surface area contributed by atoms with Crippen LogP contribution >= 0.6 is 0 Å². The Hall–Kier alpha value is -3.80. The molecule has 2 aliphatic rings. The van der Waals surface area contributed by atoms with E-state index in [1.807, 2.05) is 0 Å². The Morgan fingerprint density at radius 2 is 2.03 bits per heavy atom. The zero-order valence-corrected chi connectivity index (χ0v) is 20.7. The van der Waals surface area contributed by atoms with Crippen molar-refractivity contribution in [3.8, 4) is 28.1 Å². The molecular weight excluding hydrogens is 486 g/mol. The maximum Gasteiger partial charge on any atom is 0.407 e. The number of ether oxygens (including phenoxy) is 2. The summed E-state index contributed by atoms with van der Waals surface area (Å²) in [5.41, 5.74) is 1.68. The Balaban J connectivity index is 1.41. The lowest BCUT2D eigenvalue weighted by Crippen LogP contribution is -2.58. The molecule has 37 heavy (non-hydrogen) atoms. The number of aryl methyl sites for hydroxylation is 1. The average molecular weight is 515 g/mol. The fourth-order valence-corrected chi connectivity index (χ4v) is 5.38. The number of amides is 1. The van der Waals surface area contributed by atoms with Gasteiger partial charge in [-0.3, -0.25) is 14.6 Å². The van der Waals surface area contributed by atoms with Gasteiger partial charge in [0, 0.05) is 50.1 Å². The lowest BCUT2D eigenvalue weighted by Gasteiger charge is -2.43. The molecule has 2 fully saturated rings. The number of hydrogen-bond donors (Lipinski definition) is 1. The second-order valence-electron chi connectivity index (χ2n) is 9.39. The molecule has 2 aromatic heterocycles. The SMILES string of the molecule is COCOc1cc(-c2cnn(C)c2)c(F)cc1-c1cnc(N(C)[C@@H]2C[C@H]3CC[C@@H]([C@@H]2F)N3C(=O)O)cn1. The first-order chi connectivity index (χ1) is 17.8. The fourth-order valence-electron chi connectivity index (χ4n) is 5.38. The molecule has 1 amide bonds. The number of carbonyl (C=O) groups is 1. The number of carboxylic acid groups (broad SMARTS) is 1. The van der Waals surface area contributed by atoms with Crippen LogP contribution in [0.2, 0.25) is 0 Å². The highest BCUT2D eigenvalue weighted by Gasteiger charge is 2.51. The van der Waals surface area contributed by atoms with Crippen molar-refractivity contribution in [2.24, 2.45) is 7.05 Å². The molecule has 1 aromatic carbocycles. The summed E-state index contributed by atoms with van der Waals surface area (Å²) in [6.07, 6.45) is 5.37. The largest absolute Gasteiger partial charge is 0.467 e. The molecule has 0 saturated carbocycles. The Morgan fingerprint density at radius 1 is 1.22 bits per heavy atom. The summed E-state index contributed by atoms with van der Waals surface area (Å²) in [5, 5.41) is 13.6. The van der Waals surface area contributed by atoms with Crippen LogP contribution in [0.15, 0.2) is 36.9 Å². The van der Waals surface area contributed by atoms with E-state index in [2.05, 4.69) is 15.1 Å². The van der Waals surface area contributed by atoms with E-state index >= 15 is 8.78 Å². The zero-order chi connectivity index (χ0) is 26.3. The lowest BCUT2D eigenvalue weighted by molar-refractivity contribution is 0.0489. The van der Waals surface area contributed by atoms with Gasteiger partial charge >= 0.3 is 6.09 Å². The molecule has 0 unspecified atom stereocenters. The maximum absolute atomic E-state index is 15.4. The predicted octanol–water partition coefficient (Wildman–Crippen LogP) is 3.72. The minimum Gasteiger partial charge on any atom is -0.467 e. The van der Waals surface area contributed by atoms with Gasteiger partial charge in [-0.1, -0.05) is 0 Å². The van der Waals surface area contributed by atoms with Crippen molar-refractivity contribution < 1.29 is 28.2 Å². The molecule has 4 heterocycles. The molecular formula is C25H28F2N6O4. The van der Waals surface area contributed by atoms with Gasteiger partial charge in [0.05, 0.1) is 36.4 Å². The molecule has 0 aliphatic carbocycles. The number of piperidine rings is 1. The highest BCUT2D eigenvalue weighted by molar-refractivity contribution is 5.75. The number of alkyl halides is 1. The molecule has 10 nitrogen and oxygen atoms in total. The van der Waals surface area contributed by atoms with Crippen molar-refractivity contribution in [2.75, 3.05) is 25.9 Å². The Morgan fingerprint density at radius 3 is 2.68 bits per heavy atom. The number of methoxy groups -OCH3 is 1. The van der Waals surface area contributed by atoms with E-state index < -0.39 is 30.2 Å². The van der Waals surface area contributed by atoms with Crippen LogP contribution in [-0.2, 0) is 11.8 Å². The highest BCUT2D eigenvalue weighted by Crippen LogP contribution is 2.40. The van der Waals surface area contributed by atoms with Crippen LogP contribution in [0.5, 0.6) is 5.75 Å². The molecule has 196 valence electrons. The van der Waals surface area contributed by atoms with Gasteiger partial charge in [-0.25, -0.2) is 18.6 Å². The van der Waals surface area contributed by atoms with Crippen molar-refractivity contribution in [1.82, 2.24) is 24.6 Å². The van der Waals surface area contributed by atoms with Crippen molar-refractivity contribution >= 4 is 11.9 Å². The maximum atomic E-state index is 15.4. The van der Waals surface area contributed by atoms with Gasteiger partial charge in [0.25, 0.3) is 0 Å². The molecule has 2 bridgehead atoms. The molecule has 0 radical (unpaired) electrons. The molecule has 3 aromatic rings. The first-order valence-electron chi connectivity index (χ1n) is 11.9. The summed E-state index contributed by atoms with van der Waals surface area (Å²) in [4.78, 5) is 23.5. The molecule has 2 aliphatic heterocycles.